The fourth-order valence-corrected chi connectivity index (χ4v) is 2.10. The van der Waals surface area contributed by atoms with Crippen molar-refractivity contribution in [3.8, 4) is 0 Å². The first-order valence-electron chi connectivity index (χ1n) is 6.47. The number of hydrogen-bond acceptors (Lipinski definition) is 2. The van der Waals surface area contributed by atoms with Gasteiger partial charge < -0.3 is 10.2 Å². The summed E-state index contributed by atoms with van der Waals surface area (Å²) in [7, 11) is 0. The molecule has 1 unspecified atom stereocenters. The largest absolute Gasteiger partial charge is 0.465 e. The predicted octanol–water partition coefficient (Wildman–Crippen LogP) is 3.10. The molecule has 0 aromatic rings. The first-order chi connectivity index (χ1) is 7.84. The molecule has 0 radical (unpaired) electrons. The highest BCUT2D eigenvalue weighted by molar-refractivity contribution is 5.66. The van der Waals surface area contributed by atoms with E-state index in [0.29, 0.717) is 0 Å². The molecule has 102 valence electrons. The van der Waals surface area contributed by atoms with Crippen molar-refractivity contribution in [3.05, 3.63) is 0 Å². The van der Waals surface area contributed by atoms with Crippen molar-refractivity contribution >= 4 is 6.09 Å². The highest BCUT2D eigenvalue weighted by atomic mass is 16.4. The summed E-state index contributed by atoms with van der Waals surface area (Å²) in [6, 6.07) is -0.288. The van der Waals surface area contributed by atoms with Crippen molar-refractivity contribution in [2.45, 2.75) is 71.4 Å². The zero-order valence-electron chi connectivity index (χ0n) is 11.6. The lowest BCUT2D eigenvalue weighted by Crippen LogP contribution is -2.52. The summed E-state index contributed by atoms with van der Waals surface area (Å²) in [6.45, 7) is 7.61. The molecule has 17 heavy (non-hydrogen) atoms. The first-order valence-corrected chi connectivity index (χ1v) is 6.47. The van der Waals surface area contributed by atoms with E-state index in [-0.39, 0.29) is 12.6 Å². The van der Waals surface area contributed by atoms with Gasteiger partial charge in [-0.25, -0.2) is 4.79 Å². The minimum absolute atomic E-state index is 0.101. The second kappa shape index (κ2) is 7.54. The van der Waals surface area contributed by atoms with Crippen LogP contribution in [0.2, 0.25) is 0 Å². The van der Waals surface area contributed by atoms with Crippen molar-refractivity contribution in [2.24, 2.45) is 0 Å². The highest BCUT2D eigenvalue weighted by Crippen LogP contribution is 2.21. The molecule has 1 amide bonds. The number of carboxylic acid groups (broad SMARTS) is 1. The van der Waals surface area contributed by atoms with Crippen LogP contribution in [0.15, 0.2) is 0 Å². The van der Waals surface area contributed by atoms with Crippen LogP contribution in [0.4, 0.5) is 4.79 Å². The van der Waals surface area contributed by atoms with Gasteiger partial charge in [-0.3, -0.25) is 4.90 Å². The molecule has 1 atom stereocenters. The fourth-order valence-electron chi connectivity index (χ4n) is 2.10. The summed E-state index contributed by atoms with van der Waals surface area (Å²) in [6.07, 6.45) is 4.18. The Morgan fingerprint density at radius 2 is 1.82 bits per heavy atom. The van der Waals surface area contributed by atoms with E-state index < -0.39 is 11.6 Å². The van der Waals surface area contributed by atoms with Crippen LogP contribution < -0.4 is 0 Å². The summed E-state index contributed by atoms with van der Waals surface area (Å²) in [4.78, 5) is 12.6. The molecule has 0 aliphatic rings. The topological polar surface area (TPSA) is 60.8 Å². The smallest absolute Gasteiger partial charge is 0.408 e. The molecular formula is C13H27NO3. The number of carbonyl (C=O) groups is 1. The Balaban J connectivity index is 4.42. The summed E-state index contributed by atoms with van der Waals surface area (Å²) in [5, 5.41) is 18.6. The monoisotopic (exact) mass is 245 g/mol. The van der Waals surface area contributed by atoms with E-state index in [0.717, 1.165) is 25.7 Å². The molecule has 0 rings (SSSR count). The van der Waals surface area contributed by atoms with Gasteiger partial charge in [0.2, 0.25) is 0 Å². The Morgan fingerprint density at radius 1 is 1.24 bits per heavy atom. The van der Waals surface area contributed by atoms with E-state index in [4.69, 9.17) is 0 Å². The normalized spacial score (nSPS) is 13.5. The van der Waals surface area contributed by atoms with Crippen molar-refractivity contribution in [1.29, 1.82) is 0 Å². The summed E-state index contributed by atoms with van der Waals surface area (Å²) in [5.74, 6) is 0. The molecular weight excluding hydrogens is 218 g/mol. The SMILES string of the molecule is CCCCCCC(CO)N(C(=O)O)C(C)(C)C. The van der Waals surface area contributed by atoms with Gasteiger partial charge in [-0.15, -0.1) is 0 Å². The fraction of sp³-hybridized carbons (Fsp3) is 0.923. The molecule has 0 aromatic carbocycles. The summed E-state index contributed by atoms with van der Waals surface area (Å²) in [5.41, 5.74) is -0.468. The van der Waals surface area contributed by atoms with Gasteiger partial charge in [0.25, 0.3) is 0 Å². The van der Waals surface area contributed by atoms with Crippen LogP contribution in [-0.4, -0.2) is 39.4 Å². The van der Waals surface area contributed by atoms with E-state index in [9.17, 15) is 15.0 Å². The zero-order chi connectivity index (χ0) is 13.5. The van der Waals surface area contributed by atoms with Gasteiger partial charge >= 0.3 is 6.09 Å². The van der Waals surface area contributed by atoms with Crippen molar-refractivity contribution < 1.29 is 15.0 Å². The van der Waals surface area contributed by atoms with Crippen LogP contribution in [0.5, 0.6) is 0 Å². The molecule has 0 fully saturated rings. The van der Waals surface area contributed by atoms with Gasteiger partial charge in [0.05, 0.1) is 12.6 Å². The second-order valence-corrected chi connectivity index (χ2v) is 5.51. The molecule has 0 aromatic heterocycles. The minimum atomic E-state index is -0.952. The van der Waals surface area contributed by atoms with E-state index in [1.54, 1.807) is 0 Å². The van der Waals surface area contributed by atoms with E-state index in [1.165, 1.54) is 11.3 Å². The quantitative estimate of drug-likeness (QED) is 0.677. The van der Waals surface area contributed by atoms with E-state index >= 15 is 0 Å². The van der Waals surface area contributed by atoms with Gasteiger partial charge in [0, 0.05) is 5.54 Å². The third kappa shape index (κ3) is 5.91. The van der Waals surface area contributed by atoms with E-state index in [2.05, 4.69) is 6.92 Å². The number of nitrogens with zero attached hydrogens (tertiary/aromatic N) is 1. The Hall–Kier alpha value is -0.770. The first kappa shape index (κ1) is 16.2. The average Bonchev–Trinajstić information content (AvgIpc) is 2.19. The molecule has 4 nitrogen and oxygen atoms in total. The molecule has 0 bridgehead atoms. The number of hydrogen-bond donors (Lipinski definition) is 2. The van der Waals surface area contributed by atoms with Crippen molar-refractivity contribution in [2.75, 3.05) is 6.61 Å². The second-order valence-electron chi connectivity index (χ2n) is 5.51. The van der Waals surface area contributed by atoms with Crippen LogP contribution in [0, 0.1) is 0 Å². The predicted molar refractivity (Wildman–Crippen MR) is 69.2 cm³/mol. The molecule has 0 saturated heterocycles. The van der Waals surface area contributed by atoms with Crippen LogP contribution in [0.1, 0.15) is 59.8 Å². The molecule has 0 aliphatic heterocycles. The number of aliphatic hydroxyl groups excluding tert-OH is 1. The number of unbranched alkanes of at least 4 members (excludes halogenated alkanes) is 3. The van der Waals surface area contributed by atoms with Crippen LogP contribution in [0.25, 0.3) is 0 Å². The maximum atomic E-state index is 11.3. The molecule has 0 saturated carbocycles. The maximum absolute atomic E-state index is 11.3. The third-order valence-corrected chi connectivity index (χ3v) is 2.90. The summed E-state index contributed by atoms with van der Waals surface area (Å²) < 4.78 is 0. The zero-order valence-corrected chi connectivity index (χ0v) is 11.6. The molecule has 0 spiro atoms. The lowest BCUT2D eigenvalue weighted by Gasteiger charge is -2.39. The van der Waals surface area contributed by atoms with Crippen LogP contribution >= 0.6 is 0 Å². The molecule has 2 N–H and O–H groups in total. The minimum Gasteiger partial charge on any atom is -0.465 e. The number of aliphatic hydroxyl groups is 1. The van der Waals surface area contributed by atoms with Crippen LogP contribution in [0.3, 0.4) is 0 Å². The third-order valence-electron chi connectivity index (χ3n) is 2.90. The van der Waals surface area contributed by atoms with Gasteiger partial charge in [0.1, 0.15) is 0 Å². The maximum Gasteiger partial charge on any atom is 0.408 e. The van der Waals surface area contributed by atoms with Gasteiger partial charge in [0.15, 0.2) is 0 Å². The number of rotatable bonds is 7. The lowest BCUT2D eigenvalue weighted by molar-refractivity contribution is 0.0421. The Morgan fingerprint density at radius 3 is 2.18 bits per heavy atom. The Bertz CT molecular complexity index is 223. The average molecular weight is 245 g/mol. The Labute approximate surface area is 105 Å². The summed E-state index contributed by atoms with van der Waals surface area (Å²) >= 11 is 0. The van der Waals surface area contributed by atoms with Crippen LogP contribution in [-0.2, 0) is 0 Å². The lowest BCUT2D eigenvalue weighted by atomic mass is 10.00. The van der Waals surface area contributed by atoms with Gasteiger partial charge in [-0.05, 0) is 27.2 Å². The number of amides is 1. The molecule has 0 aliphatic carbocycles. The van der Waals surface area contributed by atoms with Gasteiger partial charge in [-0.2, -0.15) is 0 Å². The highest BCUT2D eigenvalue weighted by Gasteiger charge is 2.32. The van der Waals surface area contributed by atoms with E-state index in [1.807, 2.05) is 20.8 Å². The van der Waals surface area contributed by atoms with Crippen molar-refractivity contribution in [3.63, 3.8) is 0 Å². The Kier molecular flexibility index (Phi) is 7.19. The molecule has 0 heterocycles. The standard InChI is InChI=1S/C13H27NO3/c1-5-6-7-8-9-11(10-15)14(12(16)17)13(2,3)4/h11,15H,5-10H2,1-4H3,(H,16,17). The molecule has 4 heteroatoms. The van der Waals surface area contributed by atoms with Crippen molar-refractivity contribution in [1.82, 2.24) is 4.90 Å². The van der Waals surface area contributed by atoms with Gasteiger partial charge in [-0.1, -0.05) is 32.6 Å².